The molecule has 0 aliphatic rings. The SMILES string of the molecule is O=C(C=Cc1ccsc1)NCc1ccc(-c2ccco2)o1. The lowest BCUT2D eigenvalue weighted by Crippen LogP contribution is -2.19. The van der Waals surface area contributed by atoms with Gasteiger partial charge in [-0.3, -0.25) is 4.79 Å². The normalized spacial score (nSPS) is 11.0. The molecule has 4 nitrogen and oxygen atoms in total. The van der Waals surface area contributed by atoms with Crippen molar-refractivity contribution in [2.45, 2.75) is 6.54 Å². The fraction of sp³-hybridized carbons (Fsp3) is 0.0625. The molecule has 0 unspecified atom stereocenters. The minimum atomic E-state index is -0.155. The maximum Gasteiger partial charge on any atom is 0.244 e. The van der Waals surface area contributed by atoms with Gasteiger partial charge in [-0.25, -0.2) is 0 Å². The molecule has 5 heteroatoms. The van der Waals surface area contributed by atoms with Gasteiger partial charge in [0.05, 0.1) is 12.8 Å². The molecule has 0 saturated heterocycles. The van der Waals surface area contributed by atoms with Crippen molar-refractivity contribution in [3.8, 4) is 11.5 Å². The van der Waals surface area contributed by atoms with Crippen LogP contribution in [0.3, 0.4) is 0 Å². The van der Waals surface area contributed by atoms with Crippen LogP contribution in [0.2, 0.25) is 0 Å². The lowest BCUT2D eigenvalue weighted by atomic mass is 10.3. The van der Waals surface area contributed by atoms with Gasteiger partial charge in [0.15, 0.2) is 11.5 Å². The maximum absolute atomic E-state index is 11.7. The molecule has 3 aromatic heterocycles. The summed E-state index contributed by atoms with van der Waals surface area (Å²) in [4.78, 5) is 11.7. The summed E-state index contributed by atoms with van der Waals surface area (Å²) in [6.45, 7) is 0.341. The van der Waals surface area contributed by atoms with Crippen molar-refractivity contribution in [3.05, 3.63) is 64.8 Å². The lowest BCUT2D eigenvalue weighted by Gasteiger charge is -1.98. The third kappa shape index (κ3) is 3.52. The third-order valence-electron chi connectivity index (χ3n) is 2.83. The fourth-order valence-corrected chi connectivity index (χ4v) is 2.43. The molecular weight excluding hydrogens is 286 g/mol. The van der Waals surface area contributed by atoms with Crippen molar-refractivity contribution in [1.29, 1.82) is 0 Å². The molecule has 1 amide bonds. The Balaban J connectivity index is 1.54. The third-order valence-corrected chi connectivity index (χ3v) is 3.53. The van der Waals surface area contributed by atoms with Gasteiger partial charge in [0.1, 0.15) is 5.76 Å². The summed E-state index contributed by atoms with van der Waals surface area (Å²) in [6, 6.07) is 9.22. The van der Waals surface area contributed by atoms with E-state index >= 15 is 0 Å². The molecule has 0 aliphatic heterocycles. The first kappa shape index (κ1) is 13.5. The van der Waals surface area contributed by atoms with Gasteiger partial charge in [0.25, 0.3) is 0 Å². The molecule has 0 saturated carbocycles. The number of carbonyl (C=O) groups excluding carboxylic acids is 1. The summed E-state index contributed by atoms with van der Waals surface area (Å²) < 4.78 is 10.8. The quantitative estimate of drug-likeness (QED) is 0.726. The second-order valence-corrected chi connectivity index (χ2v) is 5.13. The van der Waals surface area contributed by atoms with E-state index in [1.807, 2.05) is 35.0 Å². The van der Waals surface area contributed by atoms with Crippen molar-refractivity contribution in [3.63, 3.8) is 0 Å². The van der Waals surface area contributed by atoms with E-state index in [1.165, 1.54) is 6.08 Å². The van der Waals surface area contributed by atoms with Gasteiger partial charge in [-0.2, -0.15) is 11.3 Å². The zero-order valence-corrected chi connectivity index (χ0v) is 11.9. The van der Waals surface area contributed by atoms with Gasteiger partial charge in [0.2, 0.25) is 5.91 Å². The minimum Gasteiger partial charge on any atom is -0.461 e. The summed E-state index contributed by atoms with van der Waals surface area (Å²) >= 11 is 1.60. The Kier molecular flexibility index (Phi) is 4.02. The van der Waals surface area contributed by atoms with E-state index in [4.69, 9.17) is 8.83 Å². The van der Waals surface area contributed by atoms with Crippen molar-refractivity contribution in [2.75, 3.05) is 0 Å². The predicted molar refractivity (Wildman–Crippen MR) is 81.6 cm³/mol. The molecular formula is C16H13NO3S. The van der Waals surface area contributed by atoms with Crippen LogP contribution in [0.25, 0.3) is 17.6 Å². The zero-order chi connectivity index (χ0) is 14.5. The Morgan fingerprint density at radius 3 is 2.95 bits per heavy atom. The highest BCUT2D eigenvalue weighted by atomic mass is 32.1. The lowest BCUT2D eigenvalue weighted by molar-refractivity contribution is -0.116. The van der Waals surface area contributed by atoms with Gasteiger partial charge in [0, 0.05) is 6.08 Å². The first-order valence-electron chi connectivity index (χ1n) is 6.42. The van der Waals surface area contributed by atoms with Crippen LogP contribution < -0.4 is 5.32 Å². The van der Waals surface area contributed by atoms with Gasteiger partial charge in [-0.15, -0.1) is 0 Å². The maximum atomic E-state index is 11.7. The molecule has 21 heavy (non-hydrogen) atoms. The van der Waals surface area contributed by atoms with Crippen molar-refractivity contribution < 1.29 is 13.6 Å². The number of carbonyl (C=O) groups is 1. The van der Waals surface area contributed by atoms with E-state index in [0.717, 1.165) is 5.56 Å². The van der Waals surface area contributed by atoms with Crippen LogP contribution in [0.1, 0.15) is 11.3 Å². The topological polar surface area (TPSA) is 55.4 Å². The number of furan rings is 2. The molecule has 0 radical (unpaired) electrons. The molecule has 0 bridgehead atoms. The number of thiophene rings is 1. The van der Waals surface area contributed by atoms with E-state index in [2.05, 4.69) is 5.32 Å². The Morgan fingerprint density at radius 2 is 2.19 bits per heavy atom. The molecule has 0 atom stereocenters. The first-order chi connectivity index (χ1) is 10.3. The number of hydrogen-bond acceptors (Lipinski definition) is 4. The van der Waals surface area contributed by atoms with Crippen LogP contribution in [0.5, 0.6) is 0 Å². The van der Waals surface area contributed by atoms with Crippen LogP contribution in [-0.4, -0.2) is 5.91 Å². The van der Waals surface area contributed by atoms with Crippen molar-refractivity contribution >= 4 is 23.3 Å². The van der Waals surface area contributed by atoms with E-state index in [-0.39, 0.29) is 5.91 Å². The molecule has 3 aromatic rings. The van der Waals surface area contributed by atoms with Gasteiger partial charge < -0.3 is 14.2 Å². The molecule has 0 aromatic carbocycles. The second-order valence-electron chi connectivity index (χ2n) is 4.35. The molecule has 1 N–H and O–H groups in total. The van der Waals surface area contributed by atoms with E-state index < -0.39 is 0 Å². The summed E-state index contributed by atoms with van der Waals surface area (Å²) in [6.07, 6.45) is 4.88. The summed E-state index contributed by atoms with van der Waals surface area (Å²) in [5, 5.41) is 6.72. The van der Waals surface area contributed by atoms with E-state index in [1.54, 1.807) is 29.7 Å². The van der Waals surface area contributed by atoms with E-state index in [0.29, 0.717) is 23.8 Å². The molecule has 0 aliphatic carbocycles. The summed E-state index contributed by atoms with van der Waals surface area (Å²) in [5.41, 5.74) is 1.02. The van der Waals surface area contributed by atoms with Gasteiger partial charge in [-0.05, 0) is 52.7 Å². The number of nitrogens with one attached hydrogen (secondary N) is 1. The van der Waals surface area contributed by atoms with Crippen LogP contribution in [-0.2, 0) is 11.3 Å². The van der Waals surface area contributed by atoms with Crippen LogP contribution in [0.15, 0.2) is 62.3 Å². The number of rotatable bonds is 5. The van der Waals surface area contributed by atoms with Crippen molar-refractivity contribution in [2.24, 2.45) is 0 Å². The number of hydrogen-bond donors (Lipinski definition) is 1. The monoisotopic (exact) mass is 299 g/mol. The average Bonchev–Trinajstić information content (AvgIpc) is 3.24. The Labute approximate surface area is 125 Å². The Hall–Kier alpha value is -2.53. The minimum absolute atomic E-state index is 0.155. The average molecular weight is 299 g/mol. The largest absolute Gasteiger partial charge is 0.461 e. The molecule has 106 valence electrons. The molecule has 3 heterocycles. The zero-order valence-electron chi connectivity index (χ0n) is 11.1. The Morgan fingerprint density at radius 1 is 1.24 bits per heavy atom. The van der Waals surface area contributed by atoms with E-state index in [9.17, 15) is 4.79 Å². The van der Waals surface area contributed by atoms with Crippen LogP contribution >= 0.6 is 11.3 Å². The van der Waals surface area contributed by atoms with Crippen LogP contribution in [0.4, 0.5) is 0 Å². The smallest absolute Gasteiger partial charge is 0.244 e. The number of amides is 1. The van der Waals surface area contributed by atoms with Gasteiger partial charge >= 0.3 is 0 Å². The molecule has 0 fully saturated rings. The Bertz CT molecular complexity index is 724. The fourth-order valence-electron chi connectivity index (χ4n) is 1.80. The standard InChI is InChI=1S/C16H13NO3S/c18-16(6-3-12-7-9-21-11-12)17-10-13-4-5-15(20-13)14-2-1-8-19-14/h1-9,11H,10H2,(H,17,18). The van der Waals surface area contributed by atoms with Crippen molar-refractivity contribution in [1.82, 2.24) is 5.32 Å². The first-order valence-corrected chi connectivity index (χ1v) is 7.36. The second kappa shape index (κ2) is 6.28. The summed E-state index contributed by atoms with van der Waals surface area (Å²) in [5.74, 6) is 1.85. The van der Waals surface area contributed by atoms with Gasteiger partial charge in [-0.1, -0.05) is 0 Å². The molecule has 3 rings (SSSR count). The highest BCUT2D eigenvalue weighted by Crippen LogP contribution is 2.22. The summed E-state index contributed by atoms with van der Waals surface area (Å²) in [7, 11) is 0. The molecule has 0 spiro atoms. The highest BCUT2D eigenvalue weighted by molar-refractivity contribution is 7.08. The predicted octanol–water partition coefficient (Wildman–Crippen LogP) is 3.93. The van der Waals surface area contributed by atoms with Crippen LogP contribution in [0, 0.1) is 0 Å². The highest BCUT2D eigenvalue weighted by Gasteiger charge is 2.07.